The minimum Gasteiger partial charge on any atom is -0.299 e. The van der Waals surface area contributed by atoms with E-state index in [1.165, 1.54) is 0 Å². The zero-order valence-electron chi connectivity index (χ0n) is 9.84. The summed E-state index contributed by atoms with van der Waals surface area (Å²) in [6, 6.07) is 7.12. The molecule has 1 aromatic rings. The molecule has 1 rings (SSSR count). The SMILES string of the molecule is CC(C)c1ccc(CC(=O)CC(F)(F)F)cc1. The second-order valence-electron chi connectivity index (χ2n) is 4.40. The molecule has 0 aliphatic carbocycles. The fourth-order valence-corrected chi connectivity index (χ4v) is 1.53. The molecule has 0 aliphatic heterocycles. The molecule has 4 heteroatoms. The Kier molecular flexibility index (Phi) is 4.32. The maximum absolute atomic E-state index is 12.0. The first-order valence-corrected chi connectivity index (χ1v) is 5.45. The Morgan fingerprint density at radius 1 is 1.18 bits per heavy atom. The van der Waals surface area contributed by atoms with E-state index in [-0.39, 0.29) is 6.42 Å². The van der Waals surface area contributed by atoms with Gasteiger partial charge in [0.15, 0.2) is 0 Å². The Morgan fingerprint density at radius 3 is 2.12 bits per heavy atom. The molecule has 94 valence electrons. The molecule has 0 aliphatic rings. The third-order valence-electron chi connectivity index (χ3n) is 2.45. The molecule has 0 heterocycles. The number of hydrogen-bond acceptors (Lipinski definition) is 1. The van der Waals surface area contributed by atoms with Crippen molar-refractivity contribution in [2.45, 2.75) is 38.8 Å². The summed E-state index contributed by atoms with van der Waals surface area (Å²) in [5.74, 6) is -0.426. The van der Waals surface area contributed by atoms with Crippen LogP contribution in [0.2, 0.25) is 0 Å². The highest BCUT2D eigenvalue weighted by atomic mass is 19.4. The summed E-state index contributed by atoms with van der Waals surface area (Å²) in [6.45, 7) is 4.06. The van der Waals surface area contributed by atoms with Crippen molar-refractivity contribution in [1.29, 1.82) is 0 Å². The van der Waals surface area contributed by atoms with Gasteiger partial charge in [-0.2, -0.15) is 13.2 Å². The minimum atomic E-state index is -4.41. The van der Waals surface area contributed by atoms with E-state index in [0.717, 1.165) is 5.56 Å². The van der Waals surface area contributed by atoms with E-state index in [4.69, 9.17) is 0 Å². The Morgan fingerprint density at radius 2 is 1.71 bits per heavy atom. The standard InChI is InChI=1S/C13H15F3O/c1-9(2)11-5-3-10(4-6-11)7-12(17)8-13(14,15)16/h3-6,9H,7-8H2,1-2H3. The Bertz CT molecular complexity index is 377. The Balaban J connectivity index is 2.61. The predicted octanol–water partition coefficient (Wildman–Crippen LogP) is 3.87. The summed E-state index contributed by atoms with van der Waals surface area (Å²) in [5.41, 5.74) is 1.74. The van der Waals surface area contributed by atoms with Gasteiger partial charge in [-0.1, -0.05) is 38.1 Å². The molecule has 0 aromatic heterocycles. The molecule has 0 fully saturated rings. The van der Waals surface area contributed by atoms with E-state index in [1.54, 1.807) is 12.1 Å². The van der Waals surface area contributed by atoms with Crippen LogP contribution in [0.3, 0.4) is 0 Å². The van der Waals surface area contributed by atoms with Crippen LogP contribution in [-0.2, 0) is 11.2 Å². The van der Waals surface area contributed by atoms with Crippen molar-refractivity contribution in [1.82, 2.24) is 0 Å². The van der Waals surface area contributed by atoms with E-state index in [2.05, 4.69) is 0 Å². The van der Waals surface area contributed by atoms with Crippen LogP contribution in [0.25, 0.3) is 0 Å². The number of carbonyl (C=O) groups is 1. The van der Waals surface area contributed by atoms with E-state index in [0.29, 0.717) is 11.5 Å². The average molecular weight is 244 g/mol. The van der Waals surface area contributed by atoms with Gasteiger partial charge in [0.2, 0.25) is 0 Å². The van der Waals surface area contributed by atoms with Gasteiger partial charge >= 0.3 is 6.18 Å². The lowest BCUT2D eigenvalue weighted by molar-refractivity contribution is -0.151. The van der Waals surface area contributed by atoms with Crippen LogP contribution >= 0.6 is 0 Å². The summed E-state index contributed by atoms with van der Waals surface area (Å²) in [4.78, 5) is 11.1. The maximum atomic E-state index is 12.0. The van der Waals surface area contributed by atoms with Crippen LogP contribution < -0.4 is 0 Å². The first kappa shape index (κ1) is 13.7. The second kappa shape index (κ2) is 5.34. The fourth-order valence-electron chi connectivity index (χ4n) is 1.53. The van der Waals surface area contributed by atoms with Gasteiger partial charge in [-0.15, -0.1) is 0 Å². The van der Waals surface area contributed by atoms with Crippen molar-refractivity contribution >= 4 is 5.78 Å². The van der Waals surface area contributed by atoms with Crippen molar-refractivity contribution in [2.24, 2.45) is 0 Å². The molecule has 0 saturated heterocycles. The molecule has 0 saturated carbocycles. The van der Waals surface area contributed by atoms with Crippen molar-refractivity contribution in [3.8, 4) is 0 Å². The summed E-state index contributed by atoms with van der Waals surface area (Å²) in [6.07, 6.45) is -5.91. The highest BCUT2D eigenvalue weighted by Crippen LogP contribution is 2.21. The number of alkyl halides is 3. The topological polar surface area (TPSA) is 17.1 Å². The minimum absolute atomic E-state index is 0.155. The number of benzene rings is 1. The van der Waals surface area contributed by atoms with Crippen molar-refractivity contribution in [3.63, 3.8) is 0 Å². The van der Waals surface area contributed by atoms with Gasteiger partial charge in [-0.05, 0) is 17.0 Å². The van der Waals surface area contributed by atoms with Crippen LogP contribution in [-0.4, -0.2) is 12.0 Å². The van der Waals surface area contributed by atoms with Gasteiger partial charge in [-0.3, -0.25) is 4.79 Å². The molecule has 0 bridgehead atoms. The lowest BCUT2D eigenvalue weighted by Gasteiger charge is -2.07. The number of Topliss-reactive ketones (excluding diaryl/α,β-unsaturated/α-hetero) is 1. The van der Waals surface area contributed by atoms with Gasteiger partial charge in [0, 0.05) is 6.42 Å². The molecule has 0 amide bonds. The van der Waals surface area contributed by atoms with E-state index < -0.39 is 18.4 Å². The number of rotatable bonds is 4. The normalized spacial score (nSPS) is 11.9. The average Bonchev–Trinajstić information content (AvgIpc) is 2.15. The molecular weight excluding hydrogens is 229 g/mol. The zero-order valence-corrected chi connectivity index (χ0v) is 9.84. The molecule has 0 spiro atoms. The molecule has 1 aromatic carbocycles. The smallest absolute Gasteiger partial charge is 0.299 e. The monoisotopic (exact) mass is 244 g/mol. The predicted molar refractivity (Wildman–Crippen MR) is 59.9 cm³/mol. The Labute approximate surface area is 98.6 Å². The summed E-state index contributed by atoms with van der Waals surface area (Å²) >= 11 is 0. The first-order chi connectivity index (χ1) is 7.78. The van der Waals surface area contributed by atoms with Gasteiger partial charge in [-0.25, -0.2) is 0 Å². The van der Waals surface area contributed by atoms with Crippen molar-refractivity contribution in [3.05, 3.63) is 35.4 Å². The number of ketones is 1. The van der Waals surface area contributed by atoms with Crippen LogP contribution in [0.15, 0.2) is 24.3 Å². The highest BCUT2D eigenvalue weighted by Gasteiger charge is 2.30. The first-order valence-electron chi connectivity index (χ1n) is 5.45. The van der Waals surface area contributed by atoms with Crippen LogP contribution in [0.5, 0.6) is 0 Å². The third-order valence-corrected chi connectivity index (χ3v) is 2.45. The molecule has 0 N–H and O–H groups in total. The second-order valence-corrected chi connectivity index (χ2v) is 4.40. The lowest BCUT2D eigenvalue weighted by atomic mass is 9.99. The van der Waals surface area contributed by atoms with E-state index >= 15 is 0 Å². The number of halogens is 3. The van der Waals surface area contributed by atoms with Crippen LogP contribution in [0.1, 0.15) is 37.3 Å². The number of carbonyl (C=O) groups excluding carboxylic acids is 1. The van der Waals surface area contributed by atoms with Gasteiger partial charge in [0.05, 0.1) is 0 Å². The molecule has 1 nitrogen and oxygen atoms in total. The molecule has 0 radical (unpaired) electrons. The summed E-state index contributed by atoms with van der Waals surface area (Å²) in [7, 11) is 0. The molecule has 17 heavy (non-hydrogen) atoms. The van der Waals surface area contributed by atoms with Crippen LogP contribution in [0.4, 0.5) is 13.2 Å². The molecule has 0 unspecified atom stereocenters. The summed E-state index contributed by atoms with van der Waals surface area (Å²) < 4.78 is 35.9. The fraction of sp³-hybridized carbons (Fsp3) is 0.462. The molecule has 0 atom stereocenters. The van der Waals surface area contributed by atoms with Crippen LogP contribution in [0, 0.1) is 0 Å². The van der Waals surface area contributed by atoms with E-state index in [1.807, 2.05) is 26.0 Å². The quantitative estimate of drug-likeness (QED) is 0.785. The Hall–Kier alpha value is -1.32. The highest BCUT2D eigenvalue weighted by molar-refractivity contribution is 5.81. The third kappa shape index (κ3) is 5.02. The largest absolute Gasteiger partial charge is 0.395 e. The van der Waals surface area contributed by atoms with E-state index in [9.17, 15) is 18.0 Å². The van der Waals surface area contributed by atoms with Gasteiger partial charge in [0.25, 0.3) is 0 Å². The molecular formula is C13H15F3O. The van der Waals surface area contributed by atoms with Crippen molar-refractivity contribution in [2.75, 3.05) is 0 Å². The summed E-state index contributed by atoms with van der Waals surface area (Å²) in [5, 5.41) is 0. The number of hydrogen-bond donors (Lipinski definition) is 0. The van der Waals surface area contributed by atoms with Crippen molar-refractivity contribution < 1.29 is 18.0 Å². The lowest BCUT2D eigenvalue weighted by Crippen LogP contribution is -2.16. The maximum Gasteiger partial charge on any atom is 0.395 e. The van der Waals surface area contributed by atoms with Gasteiger partial charge in [0.1, 0.15) is 12.2 Å². The van der Waals surface area contributed by atoms with Gasteiger partial charge < -0.3 is 0 Å². The zero-order chi connectivity index (χ0) is 13.1.